The molecule has 131 valence electrons. The second-order valence-corrected chi connectivity index (χ2v) is 6.09. The van der Waals surface area contributed by atoms with Crippen LogP contribution in [-0.2, 0) is 4.79 Å². The van der Waals surface area contributed by atoms with E-state index in [1.807, 2.05) is 0 Å². The van der Waals surface area contributed by atoms with Crippen molar-refractivity contribution in [2.45, 2.75) is 110 Å². The molecule has 0 aromatic rings. The SMILES string of the molecule is CCCCCCCCCCCCCCCCCC(=O)O.[Ho]. The van der Waals surface area contributed by atoms with Gasteiger partial charge in [-0.1, -0.05) is 96.8 Å². The molecule has 1 N–H and O–H groups in total. The molecule has 0 aromatic carbocycles. The molecule has 0 saturated carbocycles. The summed E-state index contributed by atoms with van der Waals surface area (Å²) in [6.07, 6.45) is 20.2. The van der Waals surface area contributed by atoms with Gasteiger partial charge in [-0.15, -0.1) is 0 Å². The number of hydrogen-bond acceptors (Lipinski definition) is 1. The van der Waals surface area contributed by atoms with Gasteiger partial charge in [-0.05, 0) is 6.42 Å². The van der Waals surface area contributed by atoms with Crippen LogP contribution in [0.1, 0.15) is 110 Å². The maximum absolute atomic E-state index is 10.3. The van der Waals surface area contributed by atoms with Crippen LogP contribution in [-0.4, -0.2) is 11.1 Å². The fraction of sp³-hybridized carbons (Fsp3) is 0.944. The van der Waals surface area contributed by atoms with Gasteiger partial charge >= 0.3 is 5.97 Å². The van der Waals surface area contributed by atoms with Crippen molar-refractivity contribution in [1.82, 2.24) is 0 Å². The van der Waals surface area contributed by atoms with Crippen LogP contribution < -0.4 is 0 Å². The second-order valence-electron chi connectivity index (χ2n) is 6.09. The van der Waals surface area contributed by atoms with Gasteiger partial charge in [0.15, 0.2) is 0 Å². The Bertz CT molecular complexity index is 207. The fourth-order valence-corrected chi connectivity index (χ4v) is 2.65. The summed E-state index contributed by atoms with van der Waals surface area (Å²) >= 11 is 0. The van der Waals surface area contributed by atoms with Crippen molar-refractivity contribution < 1.29 is 47.6 Å². The summed E-state index contributed by atoms with van der Waals surface area (Å²) in [4.78, 5) is 10.3. The van der Waals surface area contributed by atoms with Crippen molar-refractivity contribution in [1.29, 1.82) is 0 Å². The summed E-state index contributed by atoms with van der Waals surface area (Å²) in [6.45, 7) is 2.27. The Hall–Kier alpha value is 0.730. The zero-order chi connectivity index (χ0) is 14.9. The normalized spacial score (nSPS) is 10.3. The van der Waals surface area contributed by atoms with Crippen molar-refractivity contribution >= 4 is 5.97 Å². The van der Waals surface area contributed by atoms with Gasteiger partial charge in [0.05, 0.1) is 0 Å². The van der Waals surface area contributed by atoms with Crippen LogP contribution in [0.25, 0.3) is 0 Å². The third-order valence-electron chi connectivity index (χ3n) is 3.99. The van der Waals surface area contributed by atoms with E-state index in [1.165, 1.54) is 83.5 Å². The molecule has 0 spiro atoms. The Morgan fingerprint density at radius 1 is 0.619 bits per heavy atom. The zero-order valence-electron chi connectivity index (χ0n) is 14.0. The number of hydrogen-bond donors (Lipinski definition) is 1. The summed E-state index contributed by atoms with van der Waals surface area (Å²) in [5, 5.41) is 8.52. The standard InChI is InChI=1S/C18H36O2.Ho/c1-2-3-4-5-6-7-8-9-10-11-12-13-14-15-16-17-18(19)20;/h2-17H2,1H3,(H,19,20);. The van der Waals surface area contributed by atoms with Gasteiger partial charge in [-0.25, -0.2) is 0 Å². The molecule has 0 bridgehead atoms. The van der Waals surface area contributed by atoms with Crippen LogP contribution in [0.5, 0.6) is 0 Å². The van der Waals surface area contributed by atoms with Gasteiger partial charge in [0.25, 0.3) is 0 Å². The van der Waals surface area contributed by atoms with E-state index in [2.05, 4.69) is 6.92 Å². The molecule has 21 heavy (non-hydrogen) atoms. The Balaban J connectivity index is 0. The van der Waals surface area contributed by atoms with Crippen LogP contribution in [0.15, 0.2) is 0 Å². The van der Waals surface area contributed by atoms with E-state index in [-0.39, 0.29) is 37.7 Å². The van der Waals surface area contributed by atoms with Crippen molar-refractivity contribution in [3.8, 4) is 0 Å². The molecule has 0 aliphatic rings. The van der Waals surface area contributed by atoms with E-state index in [1.54, 1.807) is 0 Å². The topological polar surface area (TPSA) is 37.3 Å². The molecule has 0 unspecified atom stereocenters. The minimum absolute atomic E-state index is 0. The predicted molar refractivity (Wildman–Crippen MR) is 87.2 cm³/mol. The van der Waals surface area contributed by atoms with E-state index < -0.39 is 5.97 Å². The number of aliphatic carboxylic acids is 1. The van der Waals surface area contributed by atoms with Gasteiger partial charge in [0.1, 0.15) is 0 Å². The molecule has 0 aromatic heterocycles. The van der Waals surface area contributed by atoms with Crippen LogP contribution in [0, 0.1) is 37.7 Å². The molecule has 0 atom stereocenters. The molecule has 3 heteroatoms. The molecule has 0 rings (SSSR count). The number of carboxylic acid groups (broad SMARTS) is 1. The van der Waals surface area contributed by atoms with E-state index in [0.29, 0.717) is 6.42 Å². The minimum atomic E-state index is -0.653. The quantitative estimate of drug-likeness (QED) is 0.221. The van der Waals surface area contributed by atoms with Crippen molar-refractivity contribution in [3.05, 3.63) is 0 Å². The fourth-order valence-electron chi connectivity index (χ4n) is 2.65. The Kier molecular flexibility index (Phi) is 23.7. The predicted octanol–water partition coefficient (Wildman–Crippen LogP) is 6.33. The van der Waals surface area contributed by atoms with E-state index >= 15 is 0 Å². The molecule has 0 saturated heterocycles. The minimum Gasteiger partial charge on any atom is -0.481 e. The molecular weight excluding hydrogens is 413 g/mol. The van der Waals surface area contributed by atoms with Gasteiger partial charge < -0.3 is 5.11 Å². The first-order valence-corrected chi connectivity index (χ1v) is 8.99. The monoisotopic (exact) mass is 449 g/mol. The van der Waals surface area contributed by atoms with Crippen molar-refractivity contribution in [2.75, 3.05) is 0 Å². The summed E-state index contributed by atoms with van der Waals surface area (Å²) in [7, 11) is 0. The molecule has 0 aliphatic carbocycles. The molecule has 0 fully saturated rings. The van der Waals surface area contributed by atoms with Gasteiger partial charge in [0, 0.05) is 44.2 Å². The Morgan fingerprint density at radius 3 is 1.19 bits per heavy atom. The van der Waals surface area contributed by atoms with Crippen molar-refractivity contribution in [3.63, 3.8) is 0 Å². The van der Waals surface area contributed by atoms with E-state index in [9.17, 15) is 4.79 Å². The largest absolute Gasteiger partial charge is 0.481 e. The van der Waals surface area contributed by atoms with Crippen LogP contribution in [0.2, 0.25) is 0 Å². The van der Waals surface area contributed by atoms with Gasteiger partial charge in [0.2, 0.25) is 0 Å². The summed E-state index contributed by atoms with van der Waals surface area (Å²) < 4.78 is 0. The number of rotatable bonds is 16. The first-order valence-electron chi connectivity index (χ1n) is 8.99. The molecule has 0 amide bonds. The first-order chi connectivity index (χ1) is 9.77. The van der Waals surface area contributed by atoms with E-state index in [4.69, 9.17) is 5.11 Å². The Morgan fingerprint density at radius 2 is 0.905 bits per heavy atom. The number of unbranched alkanes of at least 4 members (excludes halogenated alkanes) is 14. The molecule has 2 nitrogen and oxygen atoms in total. The van der Waals surface area contributed by atoms with Gasteiger partial charge in [-0.2, -0.15) is 0 Å². The first kappa shape index (κ1) is 24.0. The zero-order valence-corrected chi connectivity index (χ0v) is 15.9. The second kappa shape index (κ2) is 20.7. The molecular formula is C18H36HoO2. The van der Waals surface area contributed by atoms with Crippen LogP contribution >= 0.6 is 0 Å². The third-order valence-corrected chi connectivity index (χ3v) is 3.99. The van der Waals surface area contributed by atoms with Crippen molar-refractivity contribution in [2.24, 2.45) is 0 Å². The molecule has 1 radical (unpaired) electrons. The smallest absolute Gasteiger partial charge is 0.303 e. The molecule has 0 aliphatic heterocycles. The average Bonchev–Trinajstić information content (AvgIpc) is 2.43. The average molecular weight is 449 g/mol. The van der Waals surface area contributed by atoms with Crippen LogP contribution in [0.4, 0.5) is 0 Å². The maximum atomic E-state index is 10.3. The number of carboxylic acids is 1. The Labute approximate surface area is 162 Å². The maximum Gasteiger partial charge on any atom is 0.303 e. The van der Waals surface area contributed by atoms with Crippen LogP contribution in [0.3, 0.4) is 0 Å². The summed E-state index contributed by atoms with van der Waals surface area (Å²) in [5.74, 6) is -0.653. The molecule has 0 heterocycles. The summed E-state index contributed by atoms with van der Waals surface area (Å²) in [6, 6.07) is 0. The number of carbonyl (C=O) groups is 1. The third kappa shape index (κ3) is 23.1. The van der Waals surface area contributed by atoms with Gasteiger partial charge in [-0.3, -0.25) is 4.79 Å². The van der Waals surface area contributed by atoms with E-state index in [0.717, 1.165) is 12.8 Å². The summed E-state index contributed by atoms with van der Waals surface area (Å²) in [5.41, 5.74) is 0.